The molecule has 2 aromatic rings. The number of primary amides is 1. The van der Waals surface area contributed by atoms with E-state index < -0.39 is 5.91 Å². The Morgan fingerprint density at radius 2 is 2.20 bits per heavy atom. The van der Waals surface area contributed by atoms with E-state index in [0.717, 1.165) is 6.42 Å². The summed E-state index contributed by atoms with van der Waals surface area (Å²) in [5.74, 6) is -0.860. The molecule has 1 fully saturated rings. The molecule has 0 spiro atoms. The van der Waals surface area contributed by atoms with Crippen molar-refractivity contribution in [3.63, 3.8) is 0 Å². The number of carbonyl (C=O) groups is 3. The fourth-order valence-corrected chi connectivity index (χ4v) is 3.48. The molecule has 0 saturated carbocycles. The van der Waals surface area contributed by atoms with Crippen LogP contribution in [0.15, 0.2) is 23.6 Å². The van der Waals surface area contributed by atoms with E-state index in [9.17, 15) is 14.4 Å². The number of amides is 3. The summed E-state index contributed by atoms with van der Waals surface area (Å²) in [6.07, 6.45) is 1.27. The summed E-state index contributed by atoms with van der Waals surface area (Å²) in [4.78, 5) is 41.0. The van der Waals surface area contributed by atoms with Crippen LogP contribution in [-0.2, 0) is 16.0 Å². The number of aromatic nitrogens is 1. The molecular weight excluding hydrogens is 364 g/mol. The van der Waals surface area contributed by atoms with Crippen molar-refractivity contribution in [2.75, 3.05) is 16.8 Å². The normalized spacial score (nSPS) is 14.0. The minimum absolute atomic E-state index is 0.00419. The molecule has 9 heteroatoms. The largest absolute Gasteiger partial charge is 0.369 e. The van der Waals surface area contributed by atoms with Gasteiger partial charge in [-0.15, -0.1) is 11.3 Å². The second-order valence-corrected chi connectivity index (χ2v) is 6.82. The number of nitrogens with one attached hydrogen (secondary N) is 1. The predicted molar refractivity (Wildman–Crippen MR) is 96.0 cm³/mol. The first-order valence-electron chi connectivity index (χ1n) is 7.58. The van der Waals surface area contributed by atoms with E-state index in [2.05, 4.69) is 10.3 Å². The van der Waals surface area contributed by atoms with Crippen molar-refractivity contribution in [1.82, 2.24) is 4.98 Å². The molecule has 0 atom stereocenters. The zero-order chi connectivity index (χ0) is 18.0. The molecule has 0 unspecified atom stereocenters. The highest BCUT2D eigenvalue weighted by molar-refractivity contribution is 7.14. The number of anilines is 2. The lowest BCUT2D eigenvalue weighted by Gasteiger charge is -2.18. The van der Waals surface area contributed by atoms with Crippen LogP contribution < -0.4 is 16.0 Å². The second-order valence-electron chi connectivity index (χ2n) is 5.56. The average Bonchev–Trinajstić information content (AvgIpc) is 3.16. The molecule has 0 aliphatic carbocycles. The Morgan fingerprint density at radius 1 is 1.40 bits per heavy atom. The van der Waals surface area contributed by atoms with E-state index in [4.69, 9.17) is 17.3 Å². The maximum absolute atomic E-state index is 12.4. The highest BCUT2D eigenvalue weighted by Gasteiger charge is 2.24. The molecule has 1 aromatic heterocycles. The first-order valence-corrected chi connectivity index (χ1v) is 8.84. The van der Waals surface area contributed by atoms with Gasteiger partial charge in [-0.3, -0.25) is 19.7 Å². The number of carbonyl (C=O) groups excluding carboxylic acids is 3. The Bertz CT molecular complexity index is 852. The van der Waals surface area contributed by atoms with Gasteiger partial charge in [-0.25, -0.2) is 4.98 Å². The number of hydrogen-bond donors (Lipinski definition) is 2. The van der Waals surface area contributed by atoms with Crippen LogP contribution in [-0.4, -0.2) is 29.3 Å². The van der Waals surface area contributed by atoms with E-state index in [1.807, 2.05) is 0 Å². The Balaban J connectivity index is 1.77. The van der Waals surface area contributed by atoms with Crippen LogP contribution in [0.2, 0.25) is 5.02 Å². The number of nitrogens with zero attached hydrogens (tertiary/aromatic N) is 2. The van der Waals surface area contributed by atoms with Crippen LogP contribution in [0.25, 0.3) is 0 Å². The molecule has 0 radical (unpaired) electrons. The van der Waals surface area contributed by atoms with Gasteiger partial charge in [0.05, 0.1) is 22.8 Å². The third-order valence-corrected chi connectivity index (χ3v) is 4.83. The molecule has 7 nitrogen and oxygen atoms in total. The van der Waals surface area contributed by atoms with Crippen molar-refractivity contribution in [2.24, 2.45) is 5.73 Å². The molecule has 1 saturated heterocycles. The minimum atomic E-state index is -0.485. The van der Waals surface area contributed by atoms with Crippen molar-refractivity contribution in [1.29, 1.82) is 0 Å². The summed E-state index contributed by atoms with van der Waals surface area (Å²) in [5.41, 5.74) is 6.53. The molecule has 25 heavy (non-hydrogen) atoms. The molecule has 1 aliphatic heterocycles. The Labute approximate surface area is 152 Å². The van der Waals surface area contributed by atoms with Gasteiger partial charge in [-0.1, -0.05) is 11.6 Å². The molecule has 3 rings (SSSR count). The number of rotatable bonds is 5. The Kier molecular flexibility index (Phi) is 5.00. The summed E-state index contributed by atoms with van der Waals surface area (Å²) >= 11 is 7.38. The molecular formula is C16H15ClN4O3S. The molecule has 130 valence electrons. The fourth-order valence-electron chi connectivity index (χ4n) is 2.56. The average molecular weight is 379 g/mol. The monoisotopic (exact) mass is 378 g/mol. The number of benzene rings is 1. The lowest BCUT2D eigenvalue weighted by atomic mass is 10.1. The summed E-state index contributed by atoms with van der Waals surface area (Å²) in [6.45, 7) is 0.590. The number of thiazole rings is 1. The zero-order valence-corrected chi connectivity index (χ0v) is 14.7. The quantitative estimate of drug-likeness (QED) is 0.831. The first-order chi connectivity index (χ1) is 11.9. The van der Waals surface area contributed by atoms with E-state index >= 15 is 0 Å². The third-order valence-electron chi connectivity index (χ3n) is 3.70. The number of hydrogen-bond acceptors (Lipinski definition) is 5. The lowest BCUT2D eigenvalue weighted by molar-refractivity contribution is -0.118. The summed E-state index contributed by atoms with van der Waals surface area (Å²) in [6, 6.07) is 4.77. The van der Waals surface area contributed by atoms with E-state index in [1.54, 1.807) is 28.5 Å². The van der Waals surface area contributed by atoms with Crippen molar-refractivity contribution >= 4 is 51.5 Å². The van der Waals surface area contributed by atoms with Crippen molar-refractivity contribution in [3.8, 4) is 0 Å². The van der Waals surface area contributed by atoms with Crippen LogP contribution in [0.5, 0.6) is 0 Å². The first kappa shape index (κ1) is 17.4. The topological polar surface area (TPSA) is 105 Å². The fraction of sp³-hybridized carbons (Fsp3) is 0.250. The molecule has 1 aliphatic rings. The standard InChI is InChI=1S/C16H15ClN4O3S/c17-11-4-3-9(6-12(11)21-5-1-2-14(21)23)15(24)20-16-19-10(8-25-16)7-13(18)22/h3-4,6,8H,1-2,5,7H2,(H2,18,22)(H,19,20,24). The van der Waals surface area contributed by atoms with Crippen molar-refractivity contribution in [2.45, 2.75) is 19.3 Å². The predicted octanol–water partition coefficient (Wildman–Crippen LogP) is 2.20. The zero-order valence-electron chi connectivity index (χ0n) is 13.1. The molecule has 3 N–H and O–H groups in total. The third kappa shape index (κ3) is 3.97. The van der Waals surface area contributed by atoms with Gasteiger partial charge in [-0.05, 0) is 24.6 Å². The van der Waals surface area contributed by atoms with Gasteiger partial charge in [0, 0.05) is 23.9 Å². The van der Waals surface area contributed by atoms with Gasteiger partial charge >= 0.3 is 0 Å². The summed E-state index contributed by atoms with van der Waals surface area (Å²) < 4.78 is 0. The van der Waals surface area contributed by atoms with Crippen LogP contribution in [0.4, 0.5) is 10.8 Å². The molecule has 1 aromatic carbocycles. The molecule has 3 amide bonds. The van der Waals surface area contributed by atoms with Gasteiger partial charge in [0.25, 0.3) is 5.91 Å². The van der Waals surface area contributed by atoms with Gasteiger partial charge in [0.1, 0.15) is 0 Å². The van der Waals surface area contributed by atoms with E-state index in [1.165, 1.54) is 11.3 Å². The van der Waals surface area contributed by atoms with E-state index in [0.29, 0.717) is 40.1 Å². The number of halogens is 1. The van der Waals surface area contributed by atoms with Crippen LogP contribution >= 0.6 is 22.9 Å². The smallest absolute Gasteiger partial charge is 0.257 e. The maximum atomic E-state index is 12.4. The SMILES string of the molecule is NC(=O)Cc1csc(NC(=O)c2ccc(Cl)c(N3CCCC3=O)c2)n1. The summed E-state index contributed by atoms with van der Waals surface area (Å²) in [5, 5.41) is 5.12. The summed E-state index contributed by atoms with van der Waals surface area (Å²) in [7, 11) is 0. The Morgan fingerprint density at radius 3 is 2.88 bits per heavy atom. The van der Waals surface area contributed by atoms with Crippen molar-refractivity contribution < 1.29 is 14.4 Å². The maximum Gasteiger partial charge on any atom is 0.257 e. The molecule has 0 bridgehead atoms. The van der Waals surface area contributed by atoms with Crippen LogP contribution in [0, 0.1) is 0 Å². The van der Waals surface area contributed by atoms with Crippen molar-refractivity contribution in [3.05, 3.63) is 39.9 Å². The van der Waals surface area contributed by atoms with E-state index in [-0.39, 0.29) is 18.2 Å². The van der Waals surface area contributed by atoms with Crippen LogP contribution in [0.1, 0.15) is 28.9 Å². The lowest BCUT2D eigenvalue weighted by Crippen LogP contribution is -2.24. The molecule has 2 heterocycles. The Hall–Kier alpha value is -2.45. The highest BCUT2D eigenvalue weighted by atomic mass is 35.5. The van der Waals surface area contributed by atoms with Gasteiger partial charge in [0.2, 0.25) is 11.8 Å². The second kappa shape index (κ2) is 7.20. The minimum Gasteiger partial charge on any atom is -0.369 e. The van der Waals surface area contributed by atoms with Gasteiger partial charge in [0.15, 0.2) is 5.13 Å². The van der Waals surface area contributed by atoms with Crippen LogP contribution in [0.3, 0.4) is 0 Å². The number of nitrogens with two attached hydrogens (primary N) is 1. The highest BCUT2D eigenvalue weighted by Crippen LogP contribution is 2.30. The van der Waals surface area contributed by atoms with Gasteiger partial charge in [-0.2, -0.15) is 0 Å². The van der Waals surface area contributed by atoms with Gasteiger partial charge < -0.3 is 10.6 Å².